The second kappa shape index (κ2) is 7.68. The summed E-state index contributed by atoms with van der Waals surface area (Å²) in [6.45, 7) is 1.44. The summed E-state index contributed by atoms with van der Waals surface area (Å²) in [6, 6.07) is 6.49. The lowest BCUT2D eigenvalue weighted by molar-refractivity contribution is -0.110. The van der Waals surface area contributed by atoms with Crippen molar-refractivity contribution in [3.05, 3.63) is 47.3 Å². The van der Waals surface area contributed by atoms with Crippen LogP contribution in [0, 0.1) is 0 Å². The van der Waals surface area contributed by atoms with E-state index in [0.717, 1.165) is 13.0 Å². The van der Waals surface area contributed by atoms with Crippen molar-refractivity contribution in [3.8, 4) is 0 Å². The average molecular weight is 408 g/mol. The van der Waals surface area contributed by atoms with E-state index in [1.807, 2.05) is 19.0 Å². The molecule has 2 aliphatic heterocycles. The van der Waals surface area contributed by atoms with Gasteiger partial charge in [0.05, 0.1) is 11.1 Å². The van der Waals surface area contributed by atoms with Crippen LogP contribution in [0.3, 0.4) is 0 Å². The molecule has 3 heterocycles. The van der Waals surface area contributed by atoms with Crippen LogP contribution in [-0.2, 0) is 4.79 Å². The maximum atomic E-state index is 12.8. The molecule has 30 heavy (non-hydrogen) atoms. The number of hydrogen-bond donors (Lipinski definition) is 4. The van der Waals surface area contributed by atoms with E-state index in [9.17, 15) is 14.4 Å². The number of rotatable bonds is 4. The first-order valence-electron chi connectivity index (χ1n) is 9.70. The van der Waals surface area contributed by atoms with Gasteiger partial charge in [0.1, 0.15) is 0 Å². The Morgan fingerprint density at radius 3 is 2.80 bits per heavy atom. The molecule has 1 aromatic heterocycles. The lowest BCUT2D eigenvalue weighted by Crippen LogP contribution is -2.34. The maximum absolute atomic E-state index is 12.8. The smallest absolute Gasteiger partial charge is 0.316 e. The number of fused-ring (bicyclic) bond motifs is 1. The second-order valence-electron chi connectivity index (χ2n) is 7.76. The van der Waals surface area contributed by atoms with E-state index >= 15 is 0 Å². The number of urea groups is 1. The molecule has 5 N–H and O–H groups in total. The van der Waals surface area contributed by atoms with Crippen LogP contribution in [-0.4, -0.2) is 65.9 Å². The van der Waals surface area contributed by atoms with Crippen molar-refractivity contribution in [2.45, 2.75) is 12.5 Å². The molecule has 156 valence electrons. The van der Waals surface area contributed by atoms with Gasteiger partial charge in [-0.15, -0.1) is 0 Å². The number of anilines is 2. The zero-order chi connectivity index (χ0) is 21.4. The lowest BCUT2D eigenvalue weighted by Gasteiger charge is -2.20. The van der Waals surface area contributed by atoms with E-state index in [4.69, 9.17) is 5.73 Å². The highest BCUT2D eigenvalue weighted by molar-refractivity contribution is 6.35. The van der Waals surface area contributed by atoms with Gasteiger partial charge < -0.3 is 31.2 Å². The predicted molar refractivity (Wildman–Crippen MR) is 115 cm³/mol. The Labute approximate surface area is 173 Å². The largest absolute Gasteiger partial charge is 0.361 e. The minimum Gasteiger partial charge on any atom is -0.361 e. The predicted octanol–water partition coefficient (Wildman–Crippen LogP) is 1.77. The number of hydrogen-bond acceptors (Lipinski definition) is 4. The van der Waals surface area contributed by atoms with Crippen molar-refractivity contribution in [3.63, 3.8) is 0 Å². The van der Waals surface area contributed by atoms with Crippen LogP contribution in [0.15, 0.2) is 30.5 Å². The van der Waals surface area contributed by atoms with Gasteiger partial charge in [0.2, 0.25) is 0 Å². The summed E-state index contributed by atoms with van der Waals surface area (Å²) >= 11 is 0. The molecule has 9 heteroatoms. The van der Waals surface area contributed by atoms with Crippen LogP contribution in [0.25, 0.3) is 11.6 Å². The zero-order valence-corrected chi connectivity index (χ0v) is 16.9. The number of amides is 4. The number of likely N-dealkylation sites (N-methyl/N-ethyl adjacent to an activating group) is 1. The summed E-state index contributed by atoms with van der Waals surface area (Å²) in [7, 11) is 4.04. The number of aromatic nitrogens is 1. The highest BCUT2D eigenvalue weighted by Gasteiger charge is 2.29. The number of likely N-dealkylation sites (tertiary alicyclic amines) is 1. The fraction of sp³-hybridized carbons (Fsp3) is 0.286. The first-order chi connectivity index (χ1) is 14.3. The van der Waals surface area contributed by atoms with Crippen LogP contribution < -0.4 is 16.4 Å². The molecule has 1 saturated heterocycles. The molecule has 1 fully saturated rings. The summed E-state index contributed by atoms with van der Waals surface area (Å²) < 4.78 is 0. The van der Waals surface area contributed by atoms with Gasteiger partial charge in [-0.1, -0.05) is 0 Å². The molecule has 0 aliphatic carbocycles. The summed E-state index contributed by atoms with van der Waals surface area (Å²) in [5, 5.41) is 5.30. The Morgan fingerprint density at radius 2 is 2.10 bits per heavy atom. The van der Waals surface area contributed by atoms with Crippen LogP contribution in [0.4, 0.5) is 16.2 Å². The molecule has 1 aromatic carbocycles. The van der Waals surface area contributed by atoms with Gasteiger partial charge >= 0.3 is 6.03 Å². The van der Waals surface area contributed by atoms with E-state index in [-0.39, 0.29) is 11.8 Å². The molecule has 0 saturated carbocycles. The van der Waals surface area contributed by atoms with Crippen molar-refractivity contribution < 1.29 is 14.4 Å². The normalized spacial score (nSPS) is 19.3. The summed E-state index contributed by atoms with van der Waals surface area (Å²) in [5.74, 6) is -0.276. The van der Waals surface area contributed by atoms with Gasteiger partial charge in [0.25, 0.3) is 11.8 Å². The standard InChI is InChI=1S/C21H24N6O3/c1-26(2)15-5-6-27(11-15)20(29)12-7-14(23-10-12)9-17-16-8-13(24-21(22)30)3-4-18(16)25-19(17)28/h3-4,7-10,15,23H,5-6,11H2,1-2H3,(H,25,28)(H3,22,24,30)/t15-/m1/s1. The first kappa shape index (κ1) is 19.7. The van der Waals surface area contributed by atoms with Crippen LogP contribution in [0.5, 0.6) is 0 Å². The second-order valence-corrected chi connectivity index (χ2v) is 7.76. The third-order valence-corrected chi connectivity index (χ3v) is 5.50. The minimum absolute atomic E-state index is 0.0236. The Kier molecular flexibility index (Phi) is 5.04. The molecule has 0 radical (unpaired) electrons. The quantitative estimate of drug-likeness (QED) is 0.576. The number of carbonyl (C=O) groups excluding carboxylic acids is 3. The molecule has 1 atom stereocenters. The van der Waals surface area contributed by atoms with Gasteiger partial charge in [0.15, 0.2) is 0 Å². The SMILES string of the molecule is CN(C)[C@@H]1CCN(C(=O)c2c[nH]c(C=C3C(=O)Nc4ccc(NC(N)=O)cc43)c2)C1. The van der Waals surface area contributed by atoms with E-state index in [2.05, 4.69) is 20.5 Å². The number of H-pyrrole nitrogens is 1. The maximum Gasteiger partial charge on any atom is 0.316 e. The zero-order valence-electron chi connectivity index (χ0n) is 16.9. The van der Waals surface area contributed by atoms with E-state index in [1.165, 1.54) is 0 Å². The topological polar surface area (TPSA) is 124 Å². The van der Waals surface area contributed by atoms with Gasteiger partial charge in [-0.3, -0.25) is 9.59 Å². The Bertz CT molecular complexity index is 1050. The highest BCUT2D eigenvalue weighted by atomic mass is 16.2. The molecule has 0 bridgehead atoms. The number of nitrogens with one attached hydrogen (secondary N) is 3. The van der Waals surface area contributed by atoms with Crippen molar-refractivity contribution >= 4 is 40.9 Å². The average Bonchev–Trinajstić information content (AvgIpc) is 3.41. The van der Waals surface area contributed by atoms with Crippen LogP contribution in [0.2, 0.25) is 0 Å². The summed E-state index contributed by atoms with van der Waals surface area (Å²) in [4.78, 5) is 43.4. The molecule has 4 amide bonds. The molecular formula is C21H24N6O3. The van der Waals surface area contributed by atoms with Gasteiger partial charge in [-0.05, 0) is 50.9 Å². The van der Waals surface area contributed by atoms with Crippen molar-refractivity contribution in [2.24, 2.45) is 5.73 Å². The van der Waals surface area contributed by atoms with Crippen molar-refractivity contribution in [1.82, 2.24) is 14.8 Å². The van der Waals surface area contributed by atoms with Crippen LogP contribution in [0.1, 0.15) is 28.0 Å². The number of carbonyl (C=O) groups is 3. The fourth-order valence-corrected chi connectivity index (χ4v) is 3.86. The third-order valence-electron chi connectivity index (χ3n) is 5.50. The highest BCUT2D eigenvalue weighted by Crippen LogP contribution is 2.35. The monoisotopic (exact) mass is 408 g/mol. The Hall–Kier alpha value is -3.59. The van der Waals surface area contributed by atoms with E-state index < -0.39 is 6.03 Å². The molecule has 0 unspecified atom stereocenters. The number of primary amides is 1. The molecule has 2 aliphatic rings. The molecular weight excluding hydrogens is 384 g/mol. The molecule has 0 spiro atoms. The number of nitrogens with two attached hydrogens (primary N) is 1. The number of aromatic amines is 1. The van der Waals surface area contributed by atoms with Gasteiger partial charge in [0, 0.05) is 48.0 Å². The van der Waals surface area contributed by atoms with Crippen LogP contribution >= 0.6 is 0 Å². The fourth-order valence-electron chi connectivity index (χ4n) is 3.86. The third kappa shape index (κ3) is 3.79. The molecule has 9 nitrogen and oxygen atoms in total. The number of benzene rings is 1. The van der Waals surface area contributed by atoms with Gasteiger partial charge in [-0.25, -0.2) is 4.79 Å². The van der Waals surface area contributed by atoms with Crippen molar-refractivity contribution in [1.29, 1.82) is 0 Å². The summed E-state index contributed by atoms with van der Waals surface area (Å²) in [6.07, 6.45) is 4.31. The first-order valence-corrected chi connectivity index (χ1v) is 9.70. The number of nitrogens with zero attached hydrogens (tertiary/aromatic N) is 2. The Morgan fingerprint density at radius 1 is 1.30 bits per heavy atom. The molecule has 4 rings (SSSR count). The van der Waals surface area contributed by atoms with Crippen molar-refractivity contribution in [2.75, 3.05) is 37.8 Å². The minimum atomic E-state index is -0.677. The Balaban J connectivity index is 1.56. The van der Waals surface area contributed by atoms with E-state index in [0.29, 0.717) is 46.4 Å². The lowest BCUT2D eigenvalue weighted by atomic mass is 10.0. The molecule has 2 aromatic rings. The van der Waals surface area contributed by atoms with E-state index in [1.54, 1.807) is 36.5 Å². The van der Waals surface area contributed by atoms with Gasteiger partial charge in [-0.2, -0.15) is 0 Å². The summed E-state index contributed by atoms with van der Waals surface area (Å²) in [5.41, 5.74) is 8.62.